The van der Waals surface area contributed by atoms with Gasteiger partial charge in [0, 0.05) is 26.4 Å². The Balaban J connectivity index is 1.65. The molecule has 2 aromatic rings. The first-order valence-corrected chi connectivity index (χ1v) is 11.8. The van der Waals surface area contributed by atoms with E-state index in [0.717, 1.165) is 28.9 Å². The van der Waals surface area contributed by atoms with Crippen LogP contribution in [0.1, 0.15) is 18.4 Å². The van der Waals surface area contributed by atoms with E-state index in [-0.39, 0.29) is 28.3 Å². The van der Waals surface area contributed by atoms with E-state index in [1.54, 1.807) is 19.1 Å². The monoisotopic (exact) mass is 455 g/mol. The van der Waals surface area contributed by atoms with Crippen LogP contribution in [0.25, 0.3) is 0 Å². The first-order chi connectivity index (χ1) is 14.2. The molecule has 1 aromatic carbocycles. The van der Waals surface area contributed by atoms with Gasteiger partial charge < -0.3 is 10.1 Å². The van der Waals surface area contributed by atoms with Crippen molar-refractivity contribution in [3.63, 3.8) is 0 Å². The van der Waals surface area contributed by atoms with Gasteiger partial charge in [-0.15, -0.1) is 5.10 Å². The van der Waals surface area contributed by atoms with Gasteiger partial charge in [-0.2, -0.15) is 0 Å². The van der Waals surface area contributed by atoms with Crippen molar-refractivity contribution in [2.75, 3.05) is 31.8 Å². The number of aromatic amines is 1. The second-order valence-corrected chi connectivity index (χ2v) is 10.2. The quantitative estimate of drug-likeness (QED) is 0.570. The zero-order chi connectivity index (χ0) is 21.9. The van der Waals surface area contributed by atoms with Gasteiger partial charge in [-0.1, -0.05) is 17.8 Å². The molecule has 0 radical (unpaired) electrons. The molecule has 1 atom stereocenters. The second kappa shape index (κ2) is 9.33. The zero-order valence-electron chi connectivity index (χ0n) is 17.0. The van der Waals surface area contributed by atoms with Gasteiger partial charge >= 0.3 is 5.69 Å². The molecule has 1 aromatic heterocycles. The number of ether oxygens (including phenoxy) is 1. The van der Waals surface area contributed by atoms with Gasteiger partial charge in [-0.25, -0.2) is 22.6 Å². The standard InChI is InChI=1S/C18H25N5O5S2/c1-12-6-7-13(9-15(12)30(26,27)22(2)3)19-16(24)11-29-18-21-20-17(25)23(18)10-14-5-4-8-28-14/h6-7,9,14H,4-5,8,10-11H2,1-3H3,(H,19,24)(H,20,25). The molecule has 164 valence electrons. The molecule has 1 aliphatic rings. The number of aryl methyl sites for hydroxylation is 1. The molecule has 0 saturated carbocycles. The summed E-state index contributed by atoms with van der Waals surface area (Å²) in [5, 5.41) is 9.49. The van der Waals surface area contributed by atoms with E-state index in [4.69, 9.17) is 4.74 Å². The van der Waals surface area contributed by atoms with Crippen LogP contribution in [0.3, 0.4) is 0 Å². The molecule has 30 heavy (non-hydrogen) atoms. The van der Waals surface area contributed by atoms with E-state index in [1.165, 1.54) is 24.7 Å². The summed E-state index contributed by atoms with van der Waals surface area (Å²) in [6, 6.07) is 4.73. The molecule has 1 saturated heterocycles. The molecule has 1 amide bonds. The van der Waals surface area contributed by atoms with Crippen LogP contribution < -0.4 is 11.0 Å². The Kier molecular flexibility index (Phi) is 7.01. The van der Waals surface area contributed by atoms with Crippen LogP contribution in [0.15, 0.2) is 33.0 Å². The highest BCUT2D eigenvalue weighted by molar-refractivity contribution is 7.99. The third kappa shape index (κ3) is 5.12. The molecular weight excluding hydrogens is 430 g/mol. The fraction of sp³-hybridized carbons (Fsp3) is 0.500. The number of aromatic nitrogens is 3. The fourth-order valence-electron chi connectivity index (χ4n) is 3.05. The van der Waals surface area contributed by atoms with Crippen LogP contribution >= 0.6 is 11.8 Å². The third-order valence-electron chi connectivity index (χ3n) is 4.70. The maximum Gasteiger partial charge on any atom is 0.344 e. The Bertz CT molecular complexity index is 1070. The number of amides is 1. The highest BCUT2D eigenvalue weighted by Crippen LogP contribution is 2.23. The number of anilines is 1. The molecule has 3 rings (SSSR count). The lowest BCUT2D eigenvalue weighted by Gasteiger charge is -2.15. The molecule has 0 spiro atoms. The minimum atomic E-state index is -3.62. The van der Waals surface area contributed by atoms with Crippen LogP contribution in [0.5, 0.6) is 0 Å². The van der Waals surface area contributed by atoms with Crippen molar-refractivity contribution in [2.45, 2.75) is 42.5 Å². The summed E-state index contributed by atoms with van der Waals surface area (Å²) in [5.41, 5.74) is 0.627. The SMILES string of the molecule is Cc1ccc(NC(=O)CSc2n[nH]c(=O)n2CC2CCCO2)cc1S(=O)(=O)N(C)C. The Morgan fingerprint density at radius 3 is 2.87 bits per heavy atom. The van der Waals surface area contributed by atoms with E-state index in [1.807, 2.05) is 0 Å². The Morgan fingerprint density at radius 1 is 1.43 bits per heavy atom. The Labute approximate surface area is 179 Å². The average molecular weight is 456 g/mol. The van der Waals surface area contributed by atoms with E-state index in [0.29, 0.717) is 29.6 Å². The van der Waals surface area contributed by atoms with E-state index in [2.05, 4.69) is 15.5 Å². The number of hydrogen-bond acceptors (Lipinski definition) is 7. The highest BCUT2D eigenvalue weighted by atomic mass is 32.2. The smallest absolute Gasteiger partial charge is 0.344 e. The summed E-state index contributed by atoms with van der Waals surface area (Å²) in [4.78, 5) is 24.5. The lowest BCUT2D eigenvalue weighted by Crippen LogP contribution is -2.25. The molecule has 12 heteroatoms. The maximum absolute atomic E-state index is 12.4. The van der Waals surface area contributed by atoms with Gasteiger partial charge in [0.15, 0.2) is 5.16 Å². The van der Waals surface area contributed by atoms with Crippen molar-refractivity contribution in [1.29, 1.82) is 0 Å². The van der Waals surface area contributed by atoms with E-state index < -0.39 is 10.0 Å². The Hall–Kier alpha value is -2.15. The van der Waals surface area contributed by atoms with Crippen LogP contribution in [0.4, 0.5) is 5.69 Å². The van der Waals surface area contributed by atoms with Crippen LogP contribution in [-0.2, 0) is 26.1 Å². The summed E-state index contributed by atoms with van der Waals surface area (Å²) < 4.78 is 33.0. The highest BCUT2D eigenvalue weighted by Gasteiger charge is 2.22. The van der Waals surface area contributed by atoms with Crippen LogP contribution in [0.2, 0.25) is 0 Å². The van der Waals surface area contributed by atoms with Gasteiger partial charge in [0.25, 0.3) is 0 Å². The summed E-state index contributed by atoms with van der Waals surface area (Å²) in [6.45, 7) is 2.77. The second-order valence-electron chi connectivity index (χ2n) is 7.16. The molecule has 0 bridgehead atoms. The predicted molar refractivity (Wildman–Crippen MR) is 113 cm³/mol. The summed E-state index contributed by atoms with van der Waals surface area (Å²) >= 11 is 1.12. The number of benzene rings is 1. The summed E-state index contributed by atoms with van der Waals surface area (Å²) in [7, 11) is -0.713. The fourth-order valence-corrected chi connectivity index (χ4v) is 4.95. The maximum atomic E-state index is 12.4. The molecule has 1 fully saturated rings. The number of carbonyl (C=O) groups is 1. The number of rotatable bonds is 8. The predicted octanol–water partition coefficient (Wildman–Crippen LogP) is 1.04. The lowest BCUT2D eigenvalue weighted by atomic mass is 10.2. The number of hydrogen-bond donors (Lipinski definition) is 2. The lowest BCUT2D eigenvalue weighted by molar-refractivity contribution is -0.113. The third-order valence-corrected chi connectivity index (χ3v) is 7.63. The average Bonchev–Trinajstić information content (AvgIpc) is 3.32. The topological polar surface area (TPSA) is 126 Å². The van der Waals surface area contributed by atoms with Crippen molar-refractivity contribution < 1.29 is 17.9 Å². The van der Waals surface area contributed by atoms with Crippen LogP contribution in [-0.4, -0.2) is 66.0 Å². The normalized spacial score (nSPS) is 16.9. The molecule has 1 aliphatic heterocycles. The molecule has 0 aliphatic carbocycles. The minimum absolute atomic E-state index is 0.0134. The van der Waals surface area contributed by atoms with Gasteiger partial charge in [-0.3, -0.25) is 9.36 Å². The molecule has 2 N–H and O–H groups in total. The number of thioether (sulfide) groups is 1. The van der Waals surface area contributed by atoms with Crippen molar-refractivity contribution in [3.8, 4) is 0 Å². The van der Waals surface area contributed by atoms with Gasteiger partial charge in [0.2, 0.25) is 15.9 Å². The van der Waals surface area contributed by atoms with Gasteiger partial charge in [0.1, 0.15) is 0 Å². The summed E-state index contributed by atoms with van der Waals surface area (Å²) in [5.74, 6) is -0.324. The first kappa shape index (κ1) is 22.5. The molecule has 1 unspecified atom stereocenters. The number of sulfonamides is 1. The number of nitrogens with zero attached hydrogens (tertiary/aromatic N) is 3. The summed E-state index contributed by atoms with van der Waals surface area (Å²) in [6.07, 6.45) is 1.82. The van der Waals surface area contributed by atoms with E-state index in [9.17, 15) is 18.0 Å². The van der Waals surface area contributed by atoms with Crippen molar-refractivity contribution in [2.24, 2.45) is 0 Å². The van der Waals surface area contributed by atoms with Crippen molar-refractivity contribution in [1.82, 2.24) is 19.1 Å². The number of carbonyl (C=O) groups excluding carboxylic acids is 1. The first-order valence-electron chi connectivity index (χ1n) is 9.41. The van der Waals surface area contributed by atoms with Gasteiger partial charge in [-0.05, 0) is 37.5 Å². The molecule has 10 nitrogen and oxygen atoms in total. The van der Waals surface area contributed by atoms with E-state index >= 15 is 0 Å². The Morgan fingerprint density at radius 2 is 2.20 bits per heavy atom. The zero-order valence-corrected chi connectivity index (χ0v) is 18.7. The minimum Gasteiger partial charge on any atom is -0.376 e. The largest absolute Gasteiger partial charge is 0.376 e. The van der Waals surface area contributed by atoms with Gasteiger partial charge in [0.05, 0.1) is 23.3 Å². The molecular formula is C18H25N5O5S2. The molecule has 2 heterocycles. The van der Waals surface area contributed by atoms with Crippen molar-refractivity contribution >= 4 is 33.4 Å². The number of H-pyrrole nitrogens is 1. The van der Waals surface area contributed by atoms with Crippen molar-refractivity contribution in [3.05, 3.63) is 34.2 Å². The number of nitrogens with one attached hydrogen (secondary N) is 2. The van der Waals surface area contributed by atoms with Crippen LogP contribution in [0, 0.1) is 6.92 Å².